The minimum absolute atomic E-state index is 0.118. The van der Waals surface area contributed by atoms with Crippen LogP contribution in [0.1, 0.15) is 6.42 Å². The normalized spacial score (nSPS) is 16.8. The molecule has 8 heteroatoms. The number of carbonyl (C=O) groups excluding carboxylic acids is 1. The zero-order valence-electron chi connectivity index (χ0n) is 10.1. The number of rotatable bonds is 1. The van der Waals surface area contributed by atoms with Crippen molar-refractivity contribution in [3.8, 4) is 0 Å². The summed E-state index contributed by atoms with van der Waals surface area (Å²) in [4.78, 5) is 16.5. The maximum Gasteiger partial charge on any atom is 0.253 e. The number of pyridine rings is 1. The molecule has 1 fully saturated rings. The Hall–Kier alpha value is -1.86. The van der Waals surface area contributed by atoms with Gasteiger partial charge in [-0.25, -0.2) is 0 Å². The Kier molecular flexibility index (Phi) is 3.59. The van der Waals surface area contributed by atoms with Crippen LogP contribution in [0, 0.1) is 23.5 Å². The molecule has 1 saturated heterocycles. The number of anilines is 1. The van der Waals surface area contributed by atoms with Gasteiger partial charge in [0.2, 0.25) is 17.5 Å². The monoisotopic (exact) mass is 277 g/mol. The van der Waals surface area contributed by atoms with Crippen molar-refractivity contribution in [3.05, 3.63) is 23.5 Å². The quantitative estimate of drug-likeness (QED) is 0.573. The maximum absolute atomic E-state index is 13.6. The Morgan fingerprint density at radius 3 is 2.21 bits per heavy atom. The highest BCUT2D eigenvalue weighted by atomic mass is 19.2. The molecule has 0 radical (unpaired) electrons. The molecule has 19 heavy (non-hydrogen) atoms. The first-order valence-electron chi connectivity index (χ1n) is 5.60. The molecule has 2 heterocycles. The Bertz CT molecular complexity index is 497. The molecule has 1 aliphatic heterocycles. The summed E-state index contributed by atoms with van der Waals surface area (Å²) < 4.78 is 53.2. The summed E-state index contributed by atoms with van der Waals surface area (Å²) in [5.41, 5.74) is -0.881. The highest BCUT2D eigenvalue weighted by Gasteiger charge is 2.28. The van der Waals surface area contributed by atoms with Crippen molar-refractivity contribution in [2.24, 2.45) is 0 Å². The fourth-order valence-electron chi connectivity index (χ4n) is 1.93. The Morgan fingerprint density at radius 1 is 1.05 bits per heavy atom. The molecule has 0 aromatic carbocycles. The lowest BCUT2D eigenvalue weighted by Gasteiger charge is -2.22. The van der Waals surface area contributed by atoms with Crippen LogP contribution in [0.5, 0.6) is 0 Å². The van der Waals surface area contributed by atoms with Gasteiger partial charge in [0.15, 0.2) is 0 Å². The summed E-state index contributed by atoms with van der Waals surface area (Å²) in [6, 6.07) is 0. The first-order chi connectivity index (χ1) is 8.91. The van der Waals surface area contributed by atoms with Gasteiger partial charge >= 0.3 is 0 Å². The second-order valence-electron chi connectivity index (χ2n) is 4.26. The highest BCUT2D eigenvalue weighted by Crippen LogP contribution is 2.27. The fourth-order valence-corrected chi connectivity index (χ4v) is 1.93. The van der Waals surface area contributed by atoms with Crippen LogP contribution in [0.15, 0.2) is 0 Å². The van der Waals surface area contributed by atoms with Gasteiger partial charge in [-0.05, 0) is 6.42 Å². The average molecular weight is 277 g/mol. The summed E-state index contributed by atoms with van der Waals surface area (Å²) in [6.07, 6.45) is 0.437. The number of carbonyl (C=O) groups is 1. The van der Waals surface area contributed by atoms with Gasteiger partial charge in [-0.3, -0.25) is 4.79 Å². The van der Waals surface area contributed by atoms with Gasteiger partial charge in [0, 0.05) is 20.1 Å². The first-order valence-corrected chi connectivity index (χ1v) is 5.60. The molecule has 0 saturated carbocycles. The lowest BCUT2D eigenvalue weighted by Crippen LogP contribution is -2.35. The molecule has 0 unspecified atom stereocenters. The number of likely N-dealkylation sites (N-methyl/N-ethyl adjacent to an activating group) is 1. The van der Waals surface area contributed by atoms with E-state index >= 15 is 0 Å². The third-order valence-electron chi connectivity index (χ3n) is 2.96. The van der Waals surface area contributed by atoms with E-state index in [1.807, 2.05) is 0 Å². The van der Waals surface area contributed by atoms with Crippen molar-refractivity contribution in [2.45, 2.75) is 6.42 Å². The standard InChI is InChI=1S/C11H11F4N3O/c1-17-3-2-4-18(5-6(17)19)9-7(12)10(14)16-11(15)8(9)13/h2-5H2,1H3. The fraction of sp³-hybridized carbons (Fsp3) is 0.455. The molecule has 1 aromatic heterocycles. The molecule has 1 aliphatic rings. The van der Waals surface area contributed by atoms with E-state index in [0.29, 0.717) is 13.0 Å². The Labute approximate surface area is 106 Å². The van der Waals surface area contributed by atoms with Gasteiger partial charge in [0.25, 0.3) is 11.9 Å². The Balaban J connectivity index is 2.43. The maximum atomic E-state index is 13.6. The predicted octanol–water partition coefficient (Wildman–Crippen LogP) is 1.31. The first kappa shape index (κ1) is 13.6. The van der Waals surface area contributed by atoms with Crippen molar-refractivity contribution in [3.63, 3.8) is 0 Å². The molecule has 0 N–H and O–H groups in total. The van der Waals surface area contributed by atoms with Gasteiger partial charge in [-0.1, -0.05) is 0 Å². The zero-order valence-corrected chi connectivity index (χ0v) is 10.1. The van der Waals surface area contributed by atoms with Gasteiger partial charge in [-0.15, -0.1) is 0 Å². The summed E-state index contributed by atoms with van der Waals surface area (Å²) in [7, 11) is 1.55. The number of hydrogen-bond acceptors (Lipinski definition) is 3. The van der Waals surface area contributed by atoms with E-state index < -0.39 is 29.2 Å². The molecular weight excluding hydrogens is 266 g/mol. The molecule has 1 amide bonds. The van der Waals surface area contributed by atoms with Crippen molar-refractivity contribution in [2.75, 3.05) is 31.6 Å². The van der Waals surface area contributed by atoms with E-state index in [9.17, 15) is 22.4 Å². The number of hydrogen-bond donors (Lipinski definition) is 0. The molecular formula is C11H11F4N3O. The molecule has 0 atom stereocenters. The molecule has 0 spiro atoms. The largest absolute Gasteiger partial charge is 0.357 e. The Morgan fingerprint density at radius 2 is 1.63 bits per heavy atom. The van der Waals surface area contributed by atoms with Gasteiger partial charge in [0.1, 0.15) is 5.69 Å². The third kappa shape index (κ3) is 2.47. The van der Waals surface area contributed by atoms with Crippen LogP contribution in [0.4, 0.5) is 23.2 Å². The van der Waals surface area contributed by atoms with Crippen molar-refractivity contribution in [1.29, 1.82) is 0 Å². The molecule has 2 rings (SSSR count). The van der Waals surface area contributed by atoms with Crippen LogP contribution in [-0.2, 0) is 4.79 Å². The van der Waals surface area contributed by atoms with Crippen molar-refractivity contribution in [1.82, 2.24) is 9.88 Å². The van der Waals surface area contributed by atoms with E-state index in [1.165, 1.54) is 4.90 Å². The SMILES string of the molecule is CN1CCCN(c2c(F)c(F)nc(F)c2F)CC1=O. The second-order valence-corrected chi connectivity index (χ2v) is 4.26. The predicted molar refractivity (Wildman–Crippen MR) is 58.5 cm³/mol. The number of aromatic nitrogens is 1. The summed E-state index contributed by atoms with van der Waals surface area (Å²) >= 11 is 0. The highest BCUT2D eigenvalue weighted by molar-refractivity contribution is 5.81. The average Bonchev–Trinajstić information content (AvgIpc) is 2.50. The molecule has 0 bridgehead atoms. The van der Waals surface area contributed by atoms with Crippen LogP contribution in [0.3, 0.4) is 0 Å². The second kappa shape index (κ2) is 5.02. The van der Waals surface area contributed by atoms with Crippen LogP contribution in [0.2, 0.25) is 0 Å². The molecule has 104 valence electrons. The molecule has 0 aliphatic carbocycles. The van der Waals surface area contributed by atoms with E-state index in [-0.39, 0.29) is 19.0 Å². The number of amides is 1. The van der Waals surface area contributed by atoms with E-state index in [0.717, 1.165) is 4.90 Å². The summed E-state index contributed by atoms with van der Waals surface area (Å²) in [5, 5.41) is 0. The zero-order chi connectivity index (χ0) is 14.2. The van der Waals surface area contributed by atoms with E-state index in [4.69, 9.17) is 0 Å². The molecule has 1 aromatic rings. The summed E-state index contributed by atoms with van der Waals surface area (Å²) in [6.45, 7) is 0.189. The lowest BCUT2D eigenvalue weighted by atomic mass is 10.3. The van der Waals surface area contributed by atoms with Crippen molar-refractivity contribution < 1.29 is 22.4 Å². The summed E-state index contributed by atoms with van der Waals surface area (Å²) in [5.74, 6) is -7.00. The van der Waals surface area contributed by atoms with Gasteiger partial charge in [-0.2, -0.15) is 22.5 Å². The number of halogens is 4. The van der Waals surface area contributed by atoms with Crippen molar-refractivity contribution >= 4 is 11.6 Å². The van der Waals surface area contributed by atoms with Crippen LogP contribution in [-0.4, -0.2) is 42.5 Å². The van der Waals surface area contributed by atoms with Gasteiger partial charge in [0.05, 0.1) is 6.54 Å². The lowest BCUT2D eigenvalue weighted by molar-refractivity contribution is -0.127. The smallest absolute Gasteiger partial charge is 0.253 e. The molecule has 4 nitrogen and oxygen atoms in total. The van der Waals surface area contributed by atoms with Gasteiger partial charge < -0.3 is 9.80 Å². The minimum atomic E-state index is -1.72. The van der Waals surface area contributed by atoms with Crippen LogP contribution >= 0.6 is 0 Å². The number of nitrogens with zero attached hydrogens (tertiary/aromatic N) is 3. The topological polar surface area (TPSA) is 36.4 Å². The third-order valence-corrected chi connectivity index (χ3v) is 2.96. The van der Waals surface area contributed by atoms with Crippen LogP contribution in [0.25, 0.3) is 0 Å². The van der Waals surface area contributed by atoms with E-state index in [1.54, 1.807) is 7.05 Å². The minimum Gasteiger partial charge on any atom is -0.357 e. The van der Waals surface area contributed by atoms with E-state index in [2.05, 4.69) is 4.98 Å². The van der Waals surface area contributed by atoms with Crippen LogP contribution < -0.4 is 4.90 Å².